The van der Waals surface area contributed by atoms with Crippen LogP contribution in [0.4, 0.5) is 5.82 Å². The van der Waals surface area contributed by atoms with Gasteiger partial charge in [0, 0.05) is 23.0 Å². The van der Waals surface area contributed by atoms with Gasteiger partial charge in [-0.05, 0) is 60.9 Å². The molecule has 0 spiro atoms. The zero-order valence-electron chi connectivity index (χ0n) is 21.8. The lowest BCUT2D eigenvalue weighted by Gasteiger charge is -2.27. The molecule has 0 amide bonds. The molecule has 2 aliphatic rings. The number of aliphatic hydroxyl groups excluding tert-OH is 1. The van der Waals surface area contributed by atoms with Crippen LogP contribution in [0.25, 0.3) is 0 Å². The average Bonchev–Trinajstić information content (AvgIpc) is 3.47. The molecule has 10 nitrogen and oxygen atoms in total. The first-order valence-corrected chi connectivity index (χ1v) is 15.2. The van der Waals surface area contributed by atoms with Crippen molar-refractivity contribution in [3.8, 4) is 0 Å². The third kappa shape index (κ3) is 6.21. The molecule has 1 aliphatic carbocycles. The van der Waals surface area contributed by atoms with E-state index in [1.54, 1.807) is 0 Å². The van der Waals surface area contributed by atoms with E-state index in [9.17, 15) is 18.3 Å². The van der Waals surface area contributed by atoms with Gasteiger partial charge in [-0.3, -0.25) is 8.98 Å². The summed E-state index contributed by atoms with van der Waals surface area (Å²) in [4.78, 5) is 23.6. The van der Waals surface area contributed by atoms with Crippen molar-refractivity contribution in [3.63, 3.8) is 0 Å². The van der Waals surface area contributed by atoms with Crippen LogP contribution in [0, 0.1) is 12.8 Å². The number of rotatable bonds is 9. The minimum absolute atomic E-state index is 0.205. The molecular formula is C27H32N4O6S2. The van der Waals surface area contributed by atoms with Gasteiger partial charge in [0.15, 0.2) is 0 Å². The Labute approximate surface area is 231 Å². The number of aliphatic hydroxyl groups is 1. The van der Waals surface area contributed by atoms with E-state index in [1.165, 1.54) is 35.0 Å². The molecule has 3 aromatic rings. The van der Waals surface area contributed by atoms with Crippen molar-refractivity contribution >= 4 is 33.2 Å². The molecule has 4 atom stereocenters. The van der Waals surface area contributed by atoms with Gasteiger partial charge >= 0.3 is 10.3 Å². The van der Waals surface area contributed by atoms with Gasteiger partial charge < -0.3 is 15.2 Å². The van der Waals surface area contributed by atoms with Gasteiger partial charge in [0.05, 0.1) is 29.8 Å². The quantitative estimate of drug-likeness (QED) is 0.328. The van der Waals surface area contributed by atoms with Gasteiger partial charge in [-0.2, -0.15) is 8.42 Å². The normalized spacial score (nSPS) is 23.0. The Balaban J connectivity index is 1.35. The largest absolute Gasteiger partial charge is 0.393 e. The number of fused-ring (bicyclic) bond motifs is 1. The molecule has 0 radical (unpaired) electrons. The molecule has 12 heteroatoms. The summed E-state index contributed by atoms with van der Waals surface area (Å²) in [6, 6.07) is 8.23. The number of carbonyl (C=O) groups excluding carboxylic acids is 1. The molecule has 1 aromatic carbocycles. The molecule has 0 unspecified atom stereocenters. The van der Waals surface area contributed by atoms with Crippen LogP contribution < -0.4 is 10.5 Å². The highest BCUT2D eigenvalue weighted by atomic mass is 32.2. The topological polar surface area (TPSA) is 154 Å². The van der Waals surface area contributed by atoms with E-state index in [1.807, 2.05) is 13.0 Å². The van der Waals surface area contributed by atoms with Crippen LogP contribution in [-0.4, -0.2) is 54.6 Å². The van der Waals surface area contributed by atoms with Crippen LogP contribution >= 0.6 is 11.3 Å². The van der Waals surface area contributed by atoms with Crippen molar-refractivity contribution in [2.24, 2.45) is 11.1 Å². The molecule has 0 saturated heterocycles. The van der Waals surface area contributed by atoms with Crippen molar-refractivity contribution in [1.82, 2.24) is 9.97 Å². The Morgan fingerprint density at radius 1 is 1.28 bits per heavy atom. The van der Waals surface area contributed by atoms with Crippen molar-refractivity contribution in [3.05, 3.63) is 74.4 Å². The third-order valence-electron chi connectivity index (χ3n) is 7.42. The first-order valence-electron chi connectivity index (χ1n) is 12.9. The van der Waals surface area contributed by atoms with Crippen LogP contribution in [0.15, 0.2) is 36.8 Å². The minimum atomic E-state index is -4.09. The van der Waals surface area contributed by atoms with E-state index in [2.05, 4.69) is 44.6 Å². The van der Waals surface area contributed by atoms with E-state index in [-0.39, 0.29) is 24.5 Å². The van der Waals surface area contributed by atoms with Crippen LogP contribution in [-0.2, 0) is 32.1 Å². The van der Waals surface area contributed by atoms with Gasteiger partial charge in [0.1, 0.15) is 18.2 Å². The summed E-state index contributed by atoms with van der Waals surface area (Å²) in [6.07, 6.45) is 4.42. The first kappa shape index (κ1) is 27.8. The number of aryl methyl sites for hydroxylation is 2. The Morgan fingerprint density at radius 2 is 2.10 bits per heavy atom. The molecule has 1 fully saturated rings. The van der Waals surface area contributed by atoms with E-state index >= 15 is 0 Å². The van der Waals surface area contributed by atoms with Gasteiger partial charge in [-0.25, -0.2) is 15.1 Å². The molecule has 0 bridgehead atoms. The summed E-state index contributed by atoms with van der Waals surface area (Å²) < 4.78 is 33.2. The van der Waals surface area contributed by atoms with Gasteiger partial charge in [-0.1, -0.05) is 25.1 Å². The number of ketones is 1. The Hall–Kier alpha value is -2.74. The van der Waals surface area contributed by atoms with Gasteiger partial charge in [0.2, 0.25) is 5.78 Å². The summed E-state index contributed by atoms with van der Waals surface area (Å²) in [7, 11) is -4.09. The average molecular weight is 573 g/mol. The van der Waals surface area contributed by atoms with Gasteiger partial charge in [0.25, 0.3) is 0 Å². The molecule has 1 saturated carbocycles. The number of ether oxygens (including phenoxy) is 1. The molecular weight excluding hydrogens is 540 g/mol. The highest BCUT2D eigenvalue weighted by molar-refractivity contribution is 7.84. The lowest BCUT2D eigenvalue weighted by molar-refractivity contribution is 0.0697. The molecule has 208 valence electrons. The molecule has 39 heavy (non-hydrogen) atoms. The second-order valence-corrected chi connectivity index (χ2v) is 12.5. The van der Waals surface area contributed by atoms with Crippen LogP contribution in [0.2, 0.25) is 0 Å². The number of nitrogens with one attached hydrogen (secondary N) is 1. The second kappa shape index (κ2) is 11.4. The number of thiophene rings is 1. The van der Waals surface area contributed by atoms with Crippen LogP contribution in [0.5, 0.6) is 0 Å². The number of nitrogens with two attached hydrogens (primary N) is 1. The van der Waals surface area contributed by atoms with Crippen molar-refractivity contribution in [1.29, 1.82) is 0 Å². The highest BCUT2D eigenvalue weighted by Gasteiger charge is 2.35. The number of nitrogens with zero attached hydrogens (tertiary/aromatic N) is 2. The van der Waals surface area contributed by atoms with Gasteiger partial charge in [-0.15, -0.1) is 11.3 Å². The summed E-state index contributed by atoms with van der Waals surface area (Å²) in [6.45, 7) is 4.55. The minimum Gasteiger partial charge on any atom is -0.393 e. The standard InChI is InChI=1S/C27H32N4O6S2/c1-3-16-4-5-17-6-7-36-26(21(17)8-16)20-11-24(38-15(20)2)25(33)22-12-29-14-30-27(22)31-19-9-18(23(32)10-19)13-37-39(28,34)35/h4-5,8,11-12,14,18-19,23,26,32H,3,6-7,9-10,13H2,1-2H3,(H2,28,34,35)(H,29,30,31)/t18-,19-,23+,26+/m1/s1. The fraction of sp³-hybridized carbons (Fsp3) is 0.444. The highest BCUT2D eigenvalue weighted by Crippen LogP contribution is 2.39. The van der Waals surface area contributed by atoms with E-state index in [0.29, 0.717) is 35.7 Å². The fourth-order valence-corrected chi connectivity index (χ4v) is 6.72. The lowest BCUT2D eigenvalue weighted by atomic mass is 9.91. The fourth-order valence-electron chi connectivity index (χ4n) is 5.36. The monoisotopic (exact) mass is 572 g/mol. The number of hydrogen-bond acceptors (Lipinski definition) is 10. The summed E-state index contributed by atoms with van der Waals surface area (Å²) in [5.41, 5.74) is 4.99. The maximum atomic E-state index is 13.7. The maximum absolute atomic E-state index is 13.7. The van der Waals surface area contributed by atoms with Crippen molar-refractivity contribution in [2.75, 3.05) is 18.5 Å². The molecule has 4 N–H and O–H groups in total. The van der Waals surface area contributed by atoms with E-state index < -0.39 is 22.3 Å². The Kier molecular flexibility index (Phi) is 8.13. The van der Waals surface area contributed by atoms with E-state index in [0.717, 1.165) is 28.8 Å². The van der Waals surface area contributed by atoms with Crippen molar-refractivity contribution in [2.45, 2.75) is 57.8 Å². The Bertz CT molecular complexity index is 1470. The predicted octanol–water partition coefficient (Wildman–Crippen LogP) is 3.07. The number of benzene rings is 1. The number of aromatic nitrogens is 2. The molecule has 3 heterocycles. The predicted molar refractivity (Wildman–Crippen MR) is 147 cm³/mol. The lowest BCUT2D eigenvalue weighted by Crippen LogP contribution is -2.24. The Morgan fingerprint density at radius 3 is 2.87 bits per heavy atom. The molecule has 5 rings (SSSR count). The maximum Gasteiger partial charge on any atom is 0.333 e. The zero-order chi connectivity index (χ0) is 27.7. The molecule has 2 aromatic heterocycles. The SMILES string of the molecule is CCc1ccc2c(c1)[C@H](c1cc(C(=O)c3cncnc3N[C@@H]3C[C@H](COS(N)(=O)=O)[C@@H](O)C3)sc1C)OCC2. The van der Waals surface area contributed by atoms with Crippen LogP contribution in [0.1, 0.15) is 68.2 Å². The first-order chi connectivity index (χ1) is 18.6. The second-order valence-electron chi connectivity index (χ2n) is 10.0. The summed E-state index contributed by atoms with van der Waals surface area (Å²) >= 11 is 1.42. The molecule has 1 aliphatic heterocycles. The van der Waals surface area contributed by atoms with Crippen LogP contribution in [0.3, 0.4) is 0 Å². The zero-order valence-corrected chi connectivity index (χ0v) is 23.4. The van der Waals surface area contributed by atoms with Crippen molar-refractivity contribution < 1.29 is 27.2 Å². The smallest absolute Gasteiger partial charge is 0.333 e. The van der Waals surface area contributed by atoms with E-state index in [4.69, 9.17) is 9.88 Å². The summed E-state index contributed by atoms with van der Waals surface area (Å²) in [5.74, 6) is -0.265. The summed E-state index contributed by atoms with van der Waals surface area (Å²) in [5, 5.41) is 18.5. The number of carbonyl (C=O) groups is 1. The third-order valence-corrected chi connectivity index (χ3v) is 8.95. The number of anilines is 1. The number of hydrogen-bond donors (Lipinski definition) is 3.